The van der Waals surface area contributed by atoms with E-state index in [-0.39, 0.29) is 17.1 Å². The van der Waals surface area contributed by atoms with Crippen LogP contribution in [0.15, 0.2) is 18.2 Å². The molecule has 0 atom stereocenters. The smallest absolute Gasteiger partial charge is 0.251 e. The quantitative estimate of drug-likeness (QED) is 0.834. The molecule has 1 aromatic rings. The van der Waals surface area contributed by atoms with Crippen LogP contribution in [-0.2, 0) is 4.74 Å². The molecule has 1 heterocycles. The van der Waals surface area contributed by atoms with E-state index in [1.54, 1.807) is 12.1 Å². The molecule has 1 aliphatic heterocycles. The van der Waals surface area contributed by atoms with Crippen molar-refractivity contribution in [2.75, 3.05) is 19.8 Å². The number of hydrogen-bond acceptors (Lipinski definition) is 3. The van der Waals surface area contributed by atoms with E-state index in [0.717, 1.165) is 5.56 Å². The topological polar surface area (TPSA) is 58.6 Å². The molecular formula is C13H17NO3. The van der Waals surface area contributed by atoms with Gasteiger partial charge in [-0.25, -0.2) is 0 Å². The van der Waals surface area contributed by atoms with Crippen molar-refractivity contribution in [3.05, 3.63) is 29.3 Å². The van der Waals surface area contributed by atoms with Gasteiger partial charge >= 0.3 is 0 Å². The molecule has 0 aromatic heterocycles. The highest BCUT2D eigenvalue weighted by atomic mass is 16.5. The van der Waals surface area contributed by atoms with Crippen LogP contribution in [0.2, 0.25) is 0 Å². The van der Waals surface area contributed by atoms with E-state index in [1.807, 2.05) is 6.92 Å². The van der Waals surface area contributed by atoms with Gasteiger partial charge in [-0.05, 0) is 30.7 Å². The Bertz CT molecular complexity index is 438. The van der Waals surface area contributed by atoms with Crippen molar-refractivity contribution in [1.29, 1.82) is 0 Å². The van der Waals surface area contributed by atoms with Gasteiger partial charge in [-0.15, -0.1) is 0 Å². The van der Waals surface area contributed by atoms with E-state index in [0.29, 0.717) is 25.3 Å². The third-order valence-corrected chi connectivity index (χ3v) is 3.03. The SMILES string of the molecule is Cc1cc(O)ccc1C(=O)NCC1(C)COC1. The fraction of sp³-hybridized carbons (Fsp3) is 0.462. The second-order valence-electron chi connectivity index (χ2n) is 4.99. The van der Waals surface area contributed by atoms with Crippen molar-refractivity contribution < 1.29 is 14.6 Å². The summed E-state index contributed by atoms with van der Waals surface area (Å²) in [5.41, 5.74) is 1.45. The molecule has 2 rings (SSSR count). The first-order valence-electron chi connectivity index (χ1n) is 5.66. The number of hydrogen-bond donors (Lipinski definition) is 2. The molecule has 0 radical (unpaired) electrons. The summed E-state index contributed by atoms with van der Waals surface area (Å²) in [6, 6.07) is 4.75. The van der Waals surface area contributed by atoms with E-state index in [4.69, 9.17) is 4.74 Å². The highest BCUT2D eigenvalue weighted by molar-refractivity contribution is 5.95. The first-order chi connectivity index (χ1) is 8.00. The Hall–Kier alpha value is -1.55. The van der Waals surface area contributed by atoms with Gasteiger partial charge in [0.2, 0.25) is 0 Å². The normalized spacial score (nSPS) is 17.3. The summed E-state index contributed by atoms with van der Waals surface area (Å²) in [6.07, 6.45) is 0. The number of nitrogens with one attached hydrogen (secondary N) is 1. The lowest BCUT2D eigenvalue weighted by Crippen LogP contribution is -2.48. The van der Waals surface area contributed by atoms with Gasteiger partial charge in [-0.1, -0.05) is 6.92 Å². The summed E-state index contributed by atoms with van der Waals surface area (Å²) < 4.78 is 5.13. The van der Waals surface area contributed by atoms with E-state index in [1.165, 1.54) is 6.07 Å². The second kappa shape index (κ2) is 4.37. The van der Waals surface area contributed by atoms with Gasteiger partial charge in [-0.3, -0.25) is 4.79 Å². The minimum Gasteiger partial charge on any atom is -0.508 e. The van der Waals surface area contributed by atoms with Crippen LogP contribution in [0.4, 0.5) is 0 Å². The highest BCUT2D eigenvalue weighted by Crippen LogP contribution is 2.25. The molecule has 4 nitrogen and oxygen atoms in total. The molecule has 2 N–H and O–H groups in total. The summed E-state index contributed by atoms with van der Waals surface area (Å²) in [5.74, 6) is 0.0778. The van der Waals surface area contributed by atoms with E-state index in [9.17, 15) is 9.90 Å². The molecule has 0 aliphatic carbocycles. The third-order valence-electron chi connectivity index (χ3n) is 3.03. The van der Waals surface area contributed by atoms with Crippen molar-refractivity contribution in [2.24, 2.45) is 5.41 Å². The van der Waals surface area contributed by atoms with Crippen LogP contribution in [0, 0.1) is 12.3 Å². The Balaban J connectivity index is 1.99. The second-order valence-corrected chi connectivity index (χ2v) is 4.99. The summed E-state index contributed by atoms with van der Waals surface area (Å²) in [7, 11) is 0. The maximum absolute atomic E-state index is 11.9. The molecule has 1 amide bonds. The molecule has 1 fully saturated rings. The Morgan fingerprint density at radius 2 is 2.24 bits per heavy atom. The molecule has 1 aliphatic rings. The molecule has 0 saturated carbocycles. The van der Waals surface area contributed by atoms with Crippen LogP contribution >= 0.6 is 0 Å². The van der Waals surface area contributed by atoms with Crippen molar-refractivity contribution in [2.45, 2.75) is 13.8 Å². The maximum atomic E-state index is 11.9. The number of aryl methyl sites for hydroxylation is 1. The van der Waals surface area contributed by atoms with E-state index >= 15 is 0 Å². The van der Waals surface area contributed by atoms with Crippen molar-refractivity contribution in [3.63, 3.8) is 0 Å². The molecule has 1 aromatic carbocycles. The first-order valence-corrected chi connectivity index (χ1v) is 5.66. The van der Waals surface area contributed by atoms with Gasteiger partial charge in [0.1, 0.15) is 5.75 Å². The Morgan fingerprint density at radius 1 is 1.53 bits per heavy atom. The van der Waals surface area contributed by atoms with Crippen LogP contribution in [0.1, 0.15) is 22.8 Å². The molecule has 0 unspecified atom stereocenters. The number of rotatable bonds is 3. The van der Waals surface area contributed by atoms with E-state index in [2.05, 4.69) is 12.2 Å². The fourth-order valence-corrected chi connectivity index (χ4v) is 1.84. The van der Waals surface area contributed by atoms with Gasteiger partial charge in [-0.2, -0.15) is 0 Å². The number of phenols is 1. The highest BCUT2D eigenvalue weighted by Gasteiger charge is 2.33. The lowest BCUT2D eigenvalue weighted by Gasteiger charge is -2.38. The largest absolute Gasteiger partial charge is 0.508 e. The zero-order chi connectivity index (χ0) is 12.5. The van der Waals surface area contributed by atoms with Crippen molar-refractivity contribution >= 4 is 5.91 Å². The first kappa shape index (κ1) is 11.9. The zero-order valence-corrected chi connectivity index (χ0v) is 10.1. The van der Waals surface area contributed by atoms with Gasteiger partial charge in [0.15, 0.2) is 0 Å². The number of benzene rings is 1. The summed E-state index contributed by atoms with van der Waals surface area (Å²) in [6.45, 7) is 5.90. The van der Waals surface area contributed by atoms with Crippen LogP contribution in [0.25, 0.3) is 0 Å². The number of carbonyl (C=O) groups excluding carboxylic acids is 1. The van der Waals surface area contributed by atoms with Gasteiger partial charge in [0.25, 0.3) is 5.91 Å². The minimum absolute atomic E-state index is 0.0699. The standard InChI is InChI=1S/C13H17NO3/c1-9-5-10(15)3-4-11(9)12(16)14-6-13(2)7-17-8-13/h3-5,15H,6-8H2,1-2H3,(H,14,16). The van der Waals surface area contributed by atoms with E-state index < -0.39 is 0 Å². The Morgan fingerprint density at radius 3 is 2.76 bits per heavy atom. The van der Waals surface area contributed by atoms with Gasteiger partial charge in [0.05, 0.1) is 13.2 Å². The average Bonchev–Trinajstić information content (AvgIpc) is 2.23. The Kier molecular flexibility index (Phi) is 3.07. The van der Waals surface area contributed by atoms with Crippen molar-refractivity contribution in [3.8, 4) is 5.75 Å². The van der Waals surface area contributed by atoms with Gasteiger partial charge in [0, 0.05) is 17.5 Å². The molecule has 0 bridgehead atoms. The Labute approximate surface area is 101 Å². The molecule has 4 heteroatoms. The summed E-state index contributed by atoms with van der Waals surface area (Å²) >= 11 is 0. The summed E-state index contributed by atoms with van der Waals surface area (Å²) in [4.78, 5) is 11.9. The van der Waals surface area contributed by atoms with Gasteiger partial charge < -0.3 is 15.2 Å². The van der Waals surface area contributed by atoms with Crippen LogP contribution in [0.3, 0.4) is 0 Å². The van der Waals surface area contributed by atoms with Crippen LogP contribution in [-0.4, -0.2) is 30.8 Å². The predicted molar refractivity (Wildman–Crippen MR) is 64.1 cm³/mol. The van der Waals surface area contributed by atoms with Crippen molar-refractivity contribution in [1.82, 2.24) is 5.32 Å². The maximum Gasteiger partial charge on any atom is 0.251 e. The summed E-state index contributed by atoms with van der Waals surface area (Å²) in [5, 5.41) is 12.2. The molecule has 92 valence electrons. The molecular weight excluding hydrogens is 218 g/mol. The number of phenolic OH excluding ortho intramolecular Hbond substituents is 1. The third kappa shape index (κ3) is 2.58. The van der Waals surface area contributed by atoms with Crippen LogP contribution in [0.5, 0.6) is 5.75 Å². The number of amides is 1. The zero-order valence-electron chi connectivity index (χ0n) is 10.1. The number of aromatic hydroxyl groups is 1. The lowest BCUT2D eigenvalue weighted by atomic mass is 9.88. The number of carbonyl (C=O) groups is 1. The molecule has 0 spiro atoms. The average molecular weight is 235 g/mol. The minimum atomic E-state index is -0.101. The predicted octanol–water partition coefficient (Wildman–Crippen LogP) is 1.47. The number of ether oxygens (including phenoxy) is 1. The van der Waals surface area contributed by atoms with Crippen LogP contribution < -0.4 is 5.32 Å². The fourth-order valence-electron chi connectivity index (χ4n) is 1.84. The lowest BCUT2D eigenvalue weighted by molar-refractivity contribution is -0.0978. The molecule has 1 saturated heterocycles. The monoisotopic (exact) mass is 235 g/mol. The molecule has 17 heavy (non-hydrogen) atoms.